The van der Waals surface area contributed by atoms with E-state index in [9.17, 15) is 0 Å². The van der Waals surface area contributed by atoms with Gasteiger partial charge in [0.25, 0.3) is 0 Å². The molecule has 4 heteroatoms. The molecule has 0 bridgehead atoms. The third kappa shape index (κ3) is 5.06. The topological polar surface area (TPSA) is 18.5 Å². The maximum absolute atomic E-state index is 3.49. The molecule has 0 unspecified atom stereocenters. The molecule has 3 rings (SSSR count). The van der Waals surface area contributed by atoms with Crippen LogP contribution < -0.4 is 5.32 Å². The molecule has 1 aromatic rings. The molecule has 0 atom stereocenters. The van der Waals surface area contributed by atoms with Gasteiger partial charge in [-0.05, 0) is 43.9 Å². The van der Waals surface area contributed by atoms with Crippen molar-refractivity contribution in [3.63, 3.8) is 0 Å². The summed E-state index contributed by atoms with van der Waals surface area (Å²) in [5.41, 5.74) is 0. The molecule has 2 fully saturated rings. The first kappa shape index (κ1) is 15.5. The van der Waals surface area contributed by atoms with Crippen molar-refractivity contribution < 1.29 is 0 Å². The number of thiophene rings is 1. The fraction of sp³-hybridized carbons (Fsp3) is 0.765. The maximum Gasteiger partial charge on any atom is 0.0329 e. The number of hydrogen-bond acceptors (Lipinski definition) is 4. The van der Waals surface area contributed by atoms with E-state index in [1.165, 1.54) is 61.7 Å². The van der Waals surface area contributed by atoms with Crippen LogP contribution in [0.15, 0.2) is 12.1 Å². The zero-order valence-electron chi connectivity index (χ0n) is 13.3. The minimum Gasteiger partial charge on any atom is -0.312 e. The van der Waals surface area contributed by atoms with Gasteiger partial charge in [-0.1, -0.05) is 6.92 Å². The second-order valence-corrected chi connectivity index (χ2v) is 7.82. The molecular formula is C17H29N3S. The van der Waals surface area contributed by atoms with Crippen LogP contribution in [0.1, 0.15) is 35.9 Å². The summed E-state index contributed by atoms with van der Waals surface area (Å²) in [7, 11) is 0. The van der Waals surface area contributed by atoms with Crippen molar-refractivity contribution in [2.24, 2.45) is 5.92 Å². The van der Waals surface area contributed by atoms with Gasteiger partial charge in [0.2, 0.25) is 0 Å². The van der Waals surface area contributed by atoms with Crippen LogP contribution in [0.25, 0.3) is 0 Å². The molecule has 21 heavy (non-hydrogen) atoms. The van der Waals surface area contributed by atoms with Gasteiger partial charge in [-0.2, -0.15) is 0 Å². The molecule has 3 nitrogen and oxygen atoms in total. The number of rotatable bonds is 8. The van der Waals surface area contributed by atoms with E-state index in [2.05, 4.69) is 34.2 Å². The van der Waals surface area contributed by atoms with Gasteiger partial charge in [0, 0.05) is 55.6 Å². The highest BCUT2D eigenvalue weighted by Gasteiger charge is 2.26. The molecule has 1 saturated carbocycles. The van der Waals surface area contributed by atoms with Gasteiger partial charge in [0.05, 0.1) is 0 Å². The van der Waals surface area contributed by atoms with E-state index in [1.54, 1.807) is 0 Å². The highest BCUT2D eigenvalue weighted by atomic mass is 32.1. The minimum atomic E-state index is 1.03. The minimum absolute atomic E-state index is 1.03. The van der Waals surface area contributed by atoms with Crippen molar-refractivity contribution in [1.82, 2.24) is 15.1 Å². The Bertz CT molecular complexity index is 419. The lowest BCUT2D eigenvalue weighted by Crippen LogP contribution is -2.46. The molecule has 1 aliphatic carbocycles. The molecule has 2 heterocycles. The van der Waals surface area contributed by atoms with Crippen LogP contribution in [-0.4, -0.2) is 49.1 Å². The largest absolute Gasteiger partial charge is 0.312 e. The van der Waals surface area contributed by atoms with Crippen LogP contribution in [0.5, 0.6) is 0 Å². The van der Waals surface area contributed by atoms with Crippen LogP contribution in [0.2, 0.25) is 0 Å². The zero-order valence-corrected chi connectivity index (χ0v) is 14.1. The molecule has 0 aromatic carbocycles. The Morgan fingerprint density at radius 2 is 1.81 bits per heavy atom. The summed E-state index contributed by atoms with van der Waals surface area (Å²) < 4.78 is 0. The van der Waals surface area contributed by atoms with E-state index in [4.69, 9.17) is 0 Å². The second-order valence-electron chi connectivity index (χ2n) is 6.56. The molecule has 0 radical (unpaired) electrons. The van der Waals surface area contributed by atoms with Gasteiger partial charge in [0.15, 0.2) is 0 Å². The van der Waals surface area contributed by atoms with Crippen molar-refractivity contribution >= 4 is 11.3 Å². The Labute approximate surface area is 133 Å². The Balaban J connectivity index is 1.38. The lowest BCUT2D eigenvalue weighted by Gasteiger charge is -2.34. The first-order valence-electron chi connectivity index (χ1n) is 8.56. The standard InChI is InChI=1S/C17H29N3S/c1-2-7-18-12-16-5-6-17(21-16)14-20-10-8-19(9-11-20)13-15-3-4-15/h5-6,15,18H,2-4,7-14H2,1H3. The van der Waals surface area contributed by atoms with Crippen molar-refractivity contribution in [3.05, 3.63) is 21.9 Å². The average Bonchev–Trinajstić information content (AvgIpc) is 3.20. The van der Waals surface area contributed by atoms with E-state index < -0.39 is 0 Å². The van der Waals surface area contributed by atoms with Gasteiger partial charge in [-0.25, -0.2) is 0 Å². The van der Waals surface area contributed by atoms with Crippen LogP contribution in [-0.2, 0) is 13.1 Å². The number of nitrogens with one attached hydrogen (secondary N) is 1. The lowest BCUT2D eigenvalue weighted by atomic mass is 10.2. The fourth-order valence-corrected chi connectivity index (χ4v) is 4.04. The smallest absolute Gasteiger partial charge is 0.0329 e. The number of nitrogens with zero attached hydrogens (tertiary/aromatic N) is 2. The van der Waals surface area contributed by atoms with Crippen molar-refractivity contribution in [1.29, 1.82) is 0 Å². The first-order chi connectivity index (χ1) is 10.3. The zero-order chi connectivity index (χ0) is 14.5. The summed E-state index contributed by atoms with van der Waals surface area (Å²) in [6, 6.07) is 4.62. The summed E-state index contributed by atoms with van der Waals surface area (Å²) >= 11 is 1.98. The van der Waals surface area contributed by atoms with Gasteiger partial charge in [-0.15, -0.1) is 11.3 Å². The van der Waals surface area contributed by atoms with Crippen LogP contribution in [0.4, 0.5) is 0 Å². The van der Waals surface area contributed by atoms with Crippen LogP contribution >= 0.6 is 11.3 Å². The average molecular weight is 308 g/mol. The summed E-state index contributed by atoms with van der Waals surface area (Å²) in [6.07, 6.45) is 4.16. The molecule has 1 aliphatic heterocycles. The van der Waals surface area contributed by atoms with Gasteiger partial charge >= 0.3 is 0 Å². The Morgan fingerprint density at radius 3 is 2.52 bits per heavy atom. The summed E-state index contributed by atoms with van der Waals surface area (Å²) in [5, 5.41) is 3.49. The fourth-order valence-electron chi connectivity index (χ4n) is 3.01. The monoisotopic (exact) mass is 307 g/mol. The Hall–Kier alpha value is -0.420. The molecule has 0 amide bonds. The predicted molar refractivity (Wildman–Crippen MR) is 90.8 cm³/mol. The van der Waals surface area contributed by atoms with E-state index in [0.29, 0.717) is 0 Å². The van der Waals surface area contributed by atoms with Gasteiger partial charge in [-0.3, -0.25) is 4.90 Å². The molecule has 2 aliphatic rings. The van der Waals surface area contributed by atoms with Crippen LogP contribution in [0.3, 0.4) is 0 Å². The highest BCUT2D eigenvalue weighted by molar-refractivity contribution is 7.11. The first-order valence-corrected chi connectivity index (χ1v) is 9.38. The van der Waals surface area contributed by atoms with E-state index in [1.807, 2.05) is 11.3 Å². The van der Waals surface area contributed by atoms with Crippen LogP contribution in [0, 0.1) is 5.92 Å². The highest BCUT2D eigenvalue weighted by Crippen LogP contribution is 2.30. The van der Waals surface area contributed by atoms with Gasteiger partial charge in [0.1, 0.15) is 0 Å². The quantitative estimate of drug-likeness (QED) is 0.745. The van der Waals surface area contributed by atoms with Gasteiger partial charge < -0.3 is 10.2 Å². The maximum atomic E-state index is 3.49. The normalized spacial score (nSPS) is 21.0. The van der Waals surface area contributed by atoms with E-state index >= 15 is 0 Å². The number of piperazine rings is 1. The third-order valence-corrected chi connectivity index (χ3v) is 5.57. The molecule has 1 aromatic heterocycles. The summed E-state index contributed by atoms with van der Waals surface area (Å²) in [5.74, 6) is 1.03. The second kappa shape index (κ2) is 7.73. The van der Waals surface area contributed by atoms with E-state index in [0.717, 1.165) is 25.6 Å². The molecule has 118 valence electrons. The molecular weight excluding hydrogens is 278 g/mol. The number of hydrogen-bond donors (Lipinski definition) is 1. The predicted octanol–water partition coefficient (Wildman–Crippen LogP) is 2.78. The molecule has 1 N–H and O–H groups in total. The third-order valence-electron chi connectivity index (χ3n) is 4.50. The SMILES string of the molecule is CCCNCc1ccc(CN2CCN(CC3CC3)CC2)s1. The summed E-state index contributed by atoms with van der Waals surface area (Å²) in [4.78, 5) is 8.30. The Morgan fingerprint density at radius 1 is 1.10 bits per heavy atom. The molecule has 1 saturated heterocycles. The lowest BCUT2D eigenvalue weighted by molar-refractivity contribution is 0.124. The molecule has 0 spiro atoms. The van der Waals surface area contributed by atoms with Crippen molar-refractivity contribution in [3.8, 4) is 0 Å². The van der Waals surface area contributed by atoms with Crippen molar-refractivity contribution in [2.45, 2.75) is 39.3 Å². The van der Waals surface area contributed by atoms with Crippen molar-refractivity contribution in [2.75, 3.05) is 39.3 Å². The summed E-state index contributed by atoms with van der Waals surface area (Å²) in [6.45, 7) is 11.9. The Kier molecular flexibility index (Phi) is 5.69. The van der Waals surface area contributed by atoms with E-state index in [-0.39, 0.29) is 0 Å².